The number of aliphatic hydroxyl groups is 1. The third-order valence-corrected chi connectivity index (χ3v) is 6.57. The Bertz CT molecular complexity index is 777. The first kappa shape index (κ1) is 17.5. The Morgan fingerprint density at radius 1 is 1.46 bits per heavy atom. The molecule has 26 heavy (non-hydrogen) atoms. The van der Waals surface area contributed by atoms with E-state index in [0.29, 0.717) is 12.0 Å². The van der Waals surface area contributed by atoms with E-state index in [9.17, 15) is 14.7 Å². The molecule has 2 aliphatic heterocycles. The van der Waals surface area contributed by atoms with Crippen LogP contribution in [0, 0.1) is 11.8 Å². The van der Waals surface area contributed by atoms with Crippen LogP contribution in [0.15, 0.2) is 34.9 Å². The zero-order valence-electron chi connectivity index (χ0n) is 15.4. The summed E-state index contributed by atoms with van der Waals surface area (Å²) >= 11 is 0. The van der Waals surface area contributed by atoms with Gasteiger partial charge in [-0.15, -0.1) is 0 Å². The molecule has 6 nitrogen and oxygen atoms in total. The Hall–Kier alpha value is -1.92. The van der Waals surface area contributed by atoms with Gasteiger partial charge in [-0.1, -0.05) is 18.2 Å². The normalized spacial score (nSPS) is 44.1. The van der Waals surface area contributed by atoms with E-state index in [1.54, 1.807) is 19.9 Å². The van der Waals surface area contributed by atoms with Crippen molar-refractivity contribution in [1.29, 1.82) is 0 Å². The third kappa shape index (κ3) is 2.18. The zero-order chi connectivity index (χ0) is 19.0. The van der Waals surface area contributed by atoms with Crippen LogP contribution in [-0.4, -0.2) is 47.1 Å². The standard InChI is InChI=1S/C20H24O6/c1-6-8(2)18(22)24-16-9(3)11-7-12-20(5,26-12)14(11)17-13(15(16)21)10(4)19(23)25-17/h6,12-17,21H,4,7H2,1-3,5H3/b8-6-/t12-,13-,14+,15-,16-,17+,20-/m1/s1. The highest BCUT2D eigenvalue weighted by Crippen LogP contribution is 2.62. The number of rotatable bonds is 2. The van der Waals surface area contributed by atoms with Crippen molar-refractivity contribution >= 4 is 11.9 Å². The van der Waals surface area contributed by atoms with Gasteiger partial charge in [0.25, 0.3) is 0 Å². The minimum atomic E-state index is -1.09. The molecule has 140 valence electrons. The van der Waals surface area contributed by atoms with Gasteiger partial charge in [-0.25, -0.2) is 9.59 Å². The highest BCUT2D eigenvalue weighted by molar-refractivity contribution is 5.91. The summed E-state index contributed by atoms with van der Waals surface area (Å²) in [6.45, 7) is 11.1. The summed E-state index contributed by atoms with van der Waals surface area (Å²) in [5.41, 5.74) is 2.19. The molecule has 3 fully saturated rings. The Morgan fingerprint density at radius 3 is 2.81 bits per heavy atom. The lowest BCUT2D eigenvalue weighted by Gasteiger charge is -2.29. The molecule has 0 unspecified atom stereocenters. The first-order valence-corrected chi connectivity index (χ1v) is 8.99. The molecule has 0 aromatic rings. The van der Waals surface area contributed by atoms with E-state index >= 15 is 0 Å². The molecule has 1 N–H and O–H groups in total. The maximum atomic E-state index is 12.3. The van der Waals surface area contributed by atoms with E-state index in [1.165, 1.54) is 0 Å². The van der Waals surface area contributed by atoms with Gasteiger partial charge in [0.1, 0.15) is 23.9 Å². The number of ether oxygens (including phenoxy) is 3. The van der Waals surface area contributed by atoms with Crippen LogP contribution in [0.1, 0.15) is 34.1 Å². The second-order valence-corrected chi connectivity index (χ2v) is 7.89. The predicted molar refractivity (Wildman–Crippen MR) is 91.9 cm³/mol. The second kappa shape index (κ2) is 5.54. The van der Waals surface area contributed by atoms with Crippen molar-refractivity contribution in [3.63, 3.8) is 0 Å². The summed E-state index contributed by atoms with van der Waals surface area (Å²) < 4.78 is 17.1. The maximum Gasteiger partial charge on any atom is 0.334 e. The summed E-state index contributed by atoms with van der Waals surface area (Å²) in [4.78, 5) is 24.5. The highest BCUT2D eigenvalue weighted by atomic mass is 16.6. The summed E-state index contributed by atoms with van der Waals surface area (Å²) in [5, 5.41) is 11.1. The molecule has 0 amide bonds. The fourth-order valence-corrected chi connectivity index (χ4v) is 4.79. The molecule has 4 aliphatic rings. The number of carbonyl (C=O) groups is 2. The number of hydrogen-bond donors (Lipinski definition) is 1. The molecule has 0 aromatic heterocycles. The van der Waals surface area contributed by atoms with Crippen LogP contribution in [0.2, 0.25) is 0 Å². The number of esters is 2. The molecule has 0 radical (unpaired) electrons. The van der Waals surface area contributed by atoms with Crippen molar-refractivity contribution in [2.45, 2.75) is 64.1 Å². The smallest absolute Gasteiger partial charge is 0.334 e. The molecule has 4 rings (SSSR count). The monoisotopic (exact) mass is 360 g/mol. The van der Waals surface area contributed by atoms with E-state index in [0.717, 1.165) is 11.1 Å². The Morgan fingerprint density at radius 2 is 2.15 bits per heavy atom. The lowest BCUT2D eigenvalue weighted by molar-refractivity contribution is -0.151. The molecule has 0 aromatic carbocycles. The first-order valence-electron chi connectivity index (χ1n) is 8.99. The predicted octanol–water partition coefficient (Wildman–Crippen LogP) is 1.83. The molecule has 0 spiro atoms. The summed E-state index contributed by atoms with van der Waals surface area (Å²) in [6.07, 6.45) is -0.0265. The van der Waals surface area contributed by atoms with E-state index in [-0.39, 0.29) is 17.6 Å². The van der Waals surface area contributed by atoms with Gasteiger partial charge >= 0.3 is 11.9 Å². The molecule has 2 saturated heterocycles. The number of aliphatic hydroxyl groups excluding tert-OH is 1. The Kier molecular flexibility index (Phi) is 3.72. The average Bonchev–Trinajstić information content (AvgIpc) is 3.06. The van der Waals surface area contributed by atoms with Crippen LogP contribution in [0.5, 0.6) is 0 Å². The maximum absolute atomic E-state index is 12.3. The quantitative estimate of drug-likeness (QED) is 0.350. The molecule has 6 heteroatoms. The molecule has 2 aliphatic carbocycles. The van der Waals surface area contributed by atoms with Crippen molar-refractivity contribution in [2.75, 3.05) is 0 Å². The summed E-state index contributed by atoms with van der Waals surface area (Å²) in [7, 11) is 0. The van der Waals surface area contributed by atoms with Crippen LogP contribution in [0.3, 0.4) is 0 Å². The number of fused-ring (bicyclic) bond motifs is 5. The minimum Gasteiger partial charge on any atom is -0.457 e. The lowest BCUT2D eigenvalue weighted by atomic mass is 9.80. The molecule has 7 atom stereocenters. The molecular weight excluding hydrogens is 336 g/mol. The molecular formula is C20H24O6. The molecule has 2 heterocycles. The topological polar surface area (TPSA) is 85.4 Å². The van der Waals surface area contributed by atoms with Gasteiger partial charge < -0.3 is 19.3 Å². The van der Waals surface area contributed by atoms with E-state index < -0.39 is 41.8 Å². The number of hydrogen-bond acceptors (Lipinski definition) is 6. The van der Waals surface area contributed by atoms with Gasteiger partial charge in [0.05, 0.1) is 12.0 Å². The van der Waals surface area contributed by atoms with Crippen LogP contribution in [0.25, 0.3) is 0 Å². The fraction of sp³-hybridized carbons (Fsp3) is 0.600. The third-order valence-electron chi connectivity index (χ3n) is 6.57. The van der Waals surface area contributed by atoms with E-state index in [1.807, 2.05) is 13.8 Å². The lowest BCUT2D eigenvalue weighted by Crippen LogP contribution is -2.43. The van der Waals surface area contributed by atoms with Crippen LogP contribution in [0.4, 0.5) is 0 Å². The van der Waals surface area contributed by atoms with Gasteiger partial charge in [-0.2, -0.15) is 0 Å². The number of epoxide rings is 1. The van der Waals surface area contributed by atoms with Crippen molar-refractivity contribution < 1.29 is 28.9 Å². The fourth-order valence-electron chi connectivity index (χ4n) is 4.79. The molecule has 0 bridgehead atoms. The van der Waals surface area contributed by atoms with Gasteiger partial charge in [0.15, 0.2) is 0 Å². The summed E-state index contributed by atoms with van der Waals surface area (Å²) in [5.74, 6) is -1.75. The highest BCUT2D eigenvalue weighted by Gasteiger charge is 2.70. The zero-order valence-corrected chi connectivity index (χ0v) is 15.4. The van der Waals surface area contributed by atoms with Crippen molar-refractivity contribution in [2.24, 2.45) is 11.8 Å². The largest absolute Gasteiger partial charge is 0.457 e. The van der Waals surface area contributed by atoms with Crippen molar-refractivity contribution in [3.05, 3.63) is 34.9 Å². The summed E-state index contributed by atoms with van der Waals surface area (Å²) in [6, 6.07) is 0. The minimum absolute atomic E-state index is 0.0783. The van der Waals surface area contributed by atoms with E-state index in [2.05, 4.69) is 6.58 Å². The Labute approximate surface area is 152 Å². The second-order valence-electron chi connectivity index (χ2n) is 7.89. The van der Waals surface area contributed by atoms with Crippen LogP contribution in [-0.2, 0) is 23.8 Å². The molecule has 1 saturated carbocycles. The number of allylic oxidation sites excluding steroid dienone is 1. The van der Waals surface area contributed by atoms with Gasteiger partial charge in [0.2, 0.25) is 0 Å². The van der Waals surface area contributed by atoms with Gasteiger partial charge in [-0.05, 0) is 39.7 Å². The number of carbonyl (C=O) groups excluding carboxylic acids is 2. The van der Waals surface area contributed by atoms with Gasteiger partial charge in [-0.3, -0.25) is 0 Å². The first-order chi connectivity index (χ1) is 12.2. The van der Waals surface area contributed by atoms with Crippen LogP contribution >= 0.6 is 0 Å². The average molecular weight is 360 g/mol. The van der Waals surface area contributed by atoms with Crippen molar-refractivity contribution in [3.8, 4) is 0 Å². The Balaban J connectivity index is 1.78. The SMILES string of the molecule is C=C1C(=O)O[C@H]2[C@H]1[C@@H](O)[C@H](OC(=O)/C(C)=C\C)C(C)=C1C[C@H]3O[C@@]3(C)[C@@H]12. The van der Waals surface area contributed by atoms with Gasteiger partial charge in [0, 0.05) is 17.1 Å². The van der Waals surface area contributed by atoms with Crippen LogP contribution < -0.4 is 0 Å². The van der Waals surface area contributed by atoms with Crippen molar-refractivity contribution in [1.82, 2.24) is 0 Å². The van der Waals surface area contributed by atoms with E-state index in [4.69, 9.17) is 14.2 Å².